The lowest BCUT2D eigenvalue weighted by molar-refractivity contribution is 0.161. The molecular formula is C15H20N2S. The number of hydrogen-bond donors (Lipinski definition) is 1. The van der Waals surface area contributed by atoms with Gasteiger partial charge in [0.15, 0.2) is 0 Å². The zero-order chi connectivity index (χ0) is 12.5. The number of rotatable bonds is 2. The fourth-order valence-corrected chi connectivity index (χ4v) is 3.85. The maximum Gasteiger partial charge on any atom is 0.0414 e. The Morgan fingerprint density at radius 3 is 3.00 bits per heavy atom. The zero-order valence-corrected chi connectivity index (χ0v) is 11.8. The highest BCUT2D eigenvalue weighted by Gasteiger charge is 2.22. The number of fused-ring (bicyclic) bond motifs is 1. The van der Waals surface area contributed by atoms with Gasteiger partial charge in [0.1, 0.15) is 0 Å². The molecule has 1 N–H and O–H groups in total. The highest BCUT2D eigenvalue weighted by atomic mass is 32.1. The lowest BCUT2D eigenvalue weighted by Crippen LogP contribution is -2.49. The summed E-state index contributed by atoms with van der Waals surface area (Å²) in [6.45, 7) is 8.01. The van der Waals surface area contributed by atoms with E-state index in [-0.39, 0.29) is 0 Å². The molecule has 2 atom stereocenters. The van der Waals surface area contributed by atoms with Gasteiger partial charge >= 0.3 is 0 Å². The molecule has 0 radical (unpaired) electrons. The first-order chi connectivity index (χ1) is 8.74. The molecule has 3 rings (SSSR count). The Morgan fingerprint density at radius 1 is 1.39 bits per heavy atom. The summed E-state index contributed by atoms with van der Waals surface area (Å²) in [5.41, 5.74) is 0. The second-order valence-corrected chi connectivity index (χ2v) is 6.33. The van der Waals surface area contributed by atoms with E-state index in [0.29, 0.717) is 12.1 Å². The molecule has 1 saturated heterocycles. The Kier molecular flexibility index (Phi) is 3.37. The van der Waals surface area contributed by atoms with Gasteiger partial charge in [-0.3, -0.25) is 4.90 Å². The molecule has 0 aliphatic carbocycles. The van der Waals surface area contributed by atoms with Crippen LogP contribution in [0.2, 0.25) is 0 Å². The van der Waals surface area contributed by atoms with Crippen molar-refractivity contribution in [2.24, 2.45) is 0 Å². The first kappa shape index (κ1) is 12.2. The van der Waals surface area contributed by atoms with Gasteiger partial charge in [-0.05, 0) is 31.4 Å². The Balaban J connectivity index is 1.84. The highest BCUT2D eigenvalue weighted by molar-refractivity contribution is 7.19. The van der Waals surface area contributed by atoms with Crippen LogP contribution in [0.1, 0.15) is 24.8 Å². The van der Waals surface area contributed by atoms with Crippen molar-refractivity contribution >= 4 is 21.4 Å². The molecule has 0 bridgehead atoms. The Labute approximate surface area is 113 Å². The predicted molar refractivity (Wildman–Crippen MR) is 79.3 cm³/mol. The van der Waals surface area contributed by atoms with Crippen molar-refractivity contribution in [3.8, 4) is 0 Å². The van der Waals surface area contributed by atoms with Crippen LogP contribution in [0.15, 0.2) is 30.3 Å². The molecule has 2 heterocycles. The molecule has 18 heavy (non-hydrogen) atoms. The normalized spacial score (nSPS) is 23.3. The molecule has 2 nitrogen and oxygen atoms in total. The quantitative estimate of drug-likeness (QED) is 0.891. The number of hydrogen-bond acceptors (Lipinski definition) is 3. The van der Waals surface area contributed by atoms with Crippen molar-refractivity contribution in [2.45, 2.75) is 25.9 Å². The van der Waals surface area contributed by atoms with E-state index < -0.39 is 0 Å². The second kappa shape index (κ2) is 5.00. The van der Waals surface area contributed by atoms with Gasteiger partial charge in [0.2, 0.25) is 0 Å². The molecule has 3 heteroatoms. The Bertz CT molecular complexity index is 501. The third-order valence-corrected chi connectivity index (χ3v) is 5.09. The minimum absolute atomic E-state index is 0.534. The van der Waals surface area contributed by atoms with Crippen LogP contribution < -0.4 is 5.32 Å². The molecule has 1 aromatic heterocycles. The van der Waals surface area contributed by atoms with E-state index >= 15 is 0 Å². The van der Waals surface area contributed by atoms with Gasteiger partial charge in [-0.25, -0.2) is 0 Å². The molecule has 0 spiro atoms. The number of thiophene rings is 1. The second-order valence-electron chi connectivity index (χ2n) is 5.21. The number of nitrogens with zero attached hydrogens (tertiary/aromatic N) is 1. The zero-order valence-electron chi connectivity index (χ0n) is 11.0. The average molecular weight is 260 g/mol. The minimum Gasteiger partial charge on any atom is -0.312 e. The number of piperazine rings is 1. The van der Waals surface area contributed by atoms with E-state index in [1.54, 1.807) is 0 Å². The highest BCUT2D eigenvalue weighted by Crippen LogP contribution is 2.32. The molecule has 1 aromatic carbocycles. The van der Waals surface area contributed by atoms with Gasteiger partial charge in [-0.15, -0.1) is 11.3 Å². The van der Waals surface area contributed by atoms with Crippen LogP contribution in [-0.4, -0.2) is 30.6 Å². The number of benzene rings is 1. The van der Waals surface area contributed by atoms with Crippen LogP contribution in [0.3, 0.4) is 0 Å². The van der Waals surface area contributed by atoms with Gasteiger partial charge in [0.25, 0.3) is 0 Å². The van der Waals surface area contributed by atoms with Crippen LogP contribution in [-0.2, 0) is 0 Å². The summed E-state index contributed by atoms with van der Waals surface area (Å²) in [4.78, 5) is 4.08. The standard InChI is InChI=1S/C15H20N2S/c1-11-10-17(8-7-16-11)12(2)15-9-13-5-3-4-6-14(13)18-15/h3-6,9,11-12,16H,7-8,10H2,1-2H3. The maximum absolute atomic E-state index is 3.51. The summed E-state index contributed by atoms with van der Waals surface area (Å²) >= 11 is 1.94. The summed E-state index contributed by atoms with van der Waals surface area (Å²) in [6, 6.07) is 12.2. The molecule has 0 saturated carbocycles. The van der Waals surface area contributed by atoms with Crippen LogP contribution in [0.25, 0.3) is 10.1 Å². The molecule has 2 aromatic rings. The summed E-state index contributed by atoms with van der Waals surface area (Å²) in [6.07, 6.45) is 0. The van der Waals surface area contributed by atoms with Gasteiger partial charge < -0.3 is 5.32 Å². The van der Waals surface area contributed by atoms with Crippen LogP contribution in [0.5, 0.6) is 0 Å². The van der Waals surface area contributed by atoms with E-state index in [0.717, 1.165) is 19.6 Å². The van der Waals surface area contributed by atoms with Crippen molar-refractivity contribution < 1.29 is 0 Å². The van der Waals surface area contributed by atoms with Crippen molar-refractivity contribution in [1.29, 1.82) is 0 Å². The molecule has 1 fully saturated rings. The van der Waals surface area contributed by atoms with E-state index in [4.69, 9.17) is 0 Å². The average Bonchev–Trinajstić information content (AvgIpc) is 2.81. The molecule has 2 unspecified atom stereocenters. The minimum atomic E-state index is 0.534. The van der Waals surface area contributed by atoms with Crippen LogP contribution >= 0.6 is 11.3 Å². The molecule has 0 amide bonds. The van der Waals surface area contributed by atoms with Crippen molar-refractivity contribution in [1.82, 2.24) is 10.2 Å². The number of nitrogens with one attached hydrogen (secondary N) is 1. The SMILES string of the molecule is CC1CN(C(C)c2cc3ccccc3s2)CCN1. The lowest BCUT2D eigenvalue weighted by atomic mass is 10.1. The van der Waals surface area contributed by atoms with E-state index in [9.17, 15) is 0 Å². The molecule has 1 aliphatic heterocycles. The molecular weight excluding hydrogens is 240 g/mol. The fraction of sp³-hybridized carbons (Fsp3) is 0.467. The van der Waals surface area contributed by atoms with Gasteiger partial charge in [-0.1, -0.05) is 18.2 Å². The predicted octanol–water partition coefficient (Wildman–Crippen LogP) is 3.26. The third kappa shape index (κ3) is 2.30. The van der Waals surface area contributed by atoms with Crippen molar-refractivity contribution in [2.75, 3.05) is 19.6 Å². The van der Waals surface area contributed by atoms with Crippen molar-refractivity contribution in [3.05, 3.63) is 35.2 Å². The monoisotopic (exact) mass is 260 g/mol. The van der Waals surface area contributed by atoms with Gasteiger partial charge in [-0.2, -0.15) is 0 Å². The van der Waals surface area contributed by atoms with Gasteiger partial charge in [0, 0.05) is 41.3 Å². The van der Waals surface area contributed by atoms with E-state index in [1.165, 1.54) is 15.0 Å². The maximum atomic E-state index is 3.51. The fourth-order valence-electron chi connectivity index (χ4n) is 2.70. The first-order valence-corrected chi connectivity index (χ1v) is 7.51. The van der Waals surface area contributed by atoms with Crippen LogP contribution in [0.4, 0.5) is 0 Å². The van der Waals surface area contributed by atoms with E-state index in [2.05, 4.69) is 54.4 Å². The summed E-state index contributed by atoms with van der Waals surface area (Å²) in [5, 5.41) is 4.89. The molecule has 1 aliphatic rings. The summed E-state index contributed by atoms with van der Waals surface area (Å²) < 4.78 is 1.41. The van der Waals surface area contributed by atoms with Crippen molar-refractivity contribution in [3.63, 3.8) is 0 Å². The third-order valence-electron chi connectivity index (χ3n) is 3.80. The summed E-state index contributed by atoms with van der Waals surface area (Å²) in [5.74, 6) is 0. The topological polar surface area (TPSA) is 15.3 Å². The van der Waals surface area contributed by atoms with Crippen LogP contribution in [0, 0.1) is 0 Å². The Morgan fingerprint density at radius 2 is 2.22 bits per heavy atom. The smallest absolute Gasteiger partial charge is 0.0414 e. The largest absolute Gasteiger partial charge is 0.312 e. The van der Waals surface area contributed by atoms with E-state index in [1.807, 2.05) is 11.3 Å². The van der Waals surface area contributed by atoms with Gasteiger partial charge in [0.05, 0.1) is 0 Å². The lowest BCUT2D eigenvalue weighted by Gasteiger charge is -2.35. The summed E-state index contributed by atoms with van der Waals surface area (Å²) in [7, 11) is 0. The Hall–Kier alpha value is -0.900. The first-order valence-electron chi connectivity index (χ1n) is 6.70. The molecule has 96 valence electrons.